The molecule has 176 valence electrons. The molecule has 0 aliphatic carbocycles. The molecule has 0 radical (unpaired) electrons. The van der Waals surface area contributed by atoms with E-state index in [-0.39, 0.29) is 24.5 Å². The molecule has 0 saturated carbocycles. The van der Waals surface area contributed by atoms with Crippen LogP contribution in [0.3, 0.4) is 0 Å². The summed E-state index contributed by atoms with van der Waals surface area (Å²) in [6.07, 6.45) is 0. The molecule has 1 saturated heterocycles. The van der Waals surface area contributed by atoms with E-state index in [9.17, 15) is 9.59 Å². The summed E-state index contributed by atoms with van der Waals surface area (Å²) in [7, 11) is 1.50. The Morgan fingerprint density at radius 2 is 1.53 bits per heavy atom. The molecule has 1 aliphatic heterocycles. The molecule has 34 heavy (non-hydrogen) atoms. The van der Waals surface area contributed by atoms with Crippen LogP contribution in [0.25, 0.3) is 0 Å². The first-order valence-electron chi connectivity index (χ1n) is 11.2. The van der Waals surface area contributed by atoms with E-state index >= 15 is 0 Å². The maximum absolute atomic E-state index is 13.2. The number of hydrogen-bond acceptors (Lipinski definition) is 5. The number of morpholine rings is 1. The summed E-state index contributed by atoms with van der Waals surface area (Å²) in [5.41, 5.74) is 2.40. The minimum atomic E-state index is -0.303. The highest BCUT2D eigenvalue weighted by Gasteiger charge is 2.20. The van der Waals surface area contributed by atoms with Gasteiger partial charge in [-0.1, -0.05) is 60.7 Å². The van der Waals surface area contributed by atoms with Gasteiger partial charge in [-0.05, 0) is 29.3 Å². The van der Waals surface area contributed by atoms with E-state index in [1.807, 2.05) is 60.7 Å². The molecule has 0 atom stereocenters. The zero-order chi connectivity index (χ0) is 23.8. The molecule has 3 aromatic carbocycles. The third kappa shape index (κ3) is 5.74. The van der Waals surface area contributed by atoms with E-state index in [2.05, 4.69) is 5.32 Å². The predicted octanol–water partition coefficient (Wildman–Crippen LogP) is 3.45. The Balaban J connectivity index is 1.47. The van der Waals surface area contributed by atoms with Crippen molar-refractivity contribution in [2.45, 2.75) is 6.04 Å². The van der Waals surface area contributed by atoms with Crippen LogP contribution in [0.5, 0.6) is 11.5 Å². The maximum atomic E-state index is 13.2. The van der Waals surface area contributed by atoms with Crippen LogP contribution in [-0.2, 0) is 9.53 Å². The minimum absolute atomic E-state index is 0.105. The lowest BCUT2D eigenvalue weighted by molar-refractivity contribution is -0.137. The molecule has 2 amide bonds. The molecule has 3 aromatic rings. The van der Waals surface area contributed by atoms with Crippen LogP contribution in [0, 0.1) is 0 Å². The van der Waals surface area contributed by atoms with Crippen molar-refractivity contribution in [1.29, 1.82) is 0 Å². The summed E-state index contributed by atoms with van der Waals surface area (Å²) < 4.78 is 16.4. The number of carbonyl (C=O) groups is 2. The average molecular weight is 461 g/mol. The second kappa shape index (κ2) is 11.3. The Morgan fingerprint density at radius 3 is 2.12 bits per heavy atom. The first-order valence-corrected chi connectivity index (χ1v) is 11.2. The van der Waals surface area contributed by atoms with Crippen LogP contribution in [0.2, 0.25) is 0 Å². The van der Waals surface area contributed by atoms with Gasteiger partial charge >= 0.3 is 0 Å². The summed E-state index contributed by atoms with van der Waals surface area (Å²) in [6.45, 7) is 2.08. The maximum Gasteiger partial charge on any atom is 0.260 e. The van der Waals surface area contributed by atoms with Gasteiger partial charge in [0.2, 0.25) is 0 Å². The van der Waals surface area contributed by atoms with E-state index in [0.717, 1.165) is 11.1 Å². The fraction of sp³-hybridized carbons (Fsp3) is 0.259. The van der Waals surface area contributed by atoms with Gasteiger partial charge in [0.25, 0.3) is 11.8 Å². The van der Waals surface area contributed by atoms with E-state index in [1.54, 1.807) is 23.1 Å². The molecule has 0 spiro atoms. The van der Waals surface area contributed by atoms with E-state index in [4.69, 9.17) is 14.2 Å². The van der Waals surface area contributed by atoms with Gasteiger partial charge in [-0.25, -0.2) is 0 Å². The average Bonchev–Trinajstić information content (AvgIpc) is 2.91. The number of hydrogen-bond donors (Lipinski definition) is 1. The highest BCUT2D eigenvalue weighted by molar-refractivity contribution is 5.95. The van der Waals surface area contributed by atoms with Gasteiger partial charge in [0, 0.05) is 18.7 Å². The Bertz CT molecular complexity index is 1060. The quantitative estimate of drug-likeness (QED) is 0.557. The SMILES string of the molecule is COc1cc(C(=O)NC(c2ccccc2)c2ccccc2)ccc1OCC(=O)N1CCOCC1. The summed E-state index contributed by atoms with van der Waals surface area (Å²) >= 11 is 0. The Morgan fingerprint density at radius 1 is 0.912 bits per heavy atom. The van der Waals surface area contributed by atoms with Crippen molar-refractivity contribution in [2.24, 2.45) is 0 Å². The fourth-order valence-corrected chi connectivity index (χ4v) is 3.84. The molecule has 1 aliphatic rings. The number of amides is 2. The number of rotatable bonds is 8. The van der Waals surface area contributed by atoms with Gasteiger partial charge in [-0.3, -0.25) is 9.59 Å². The van der Waals surface area contributed by atoms with Gasteiger partial charge in [-0.15, -0.1) is 0 Å². The lowest BCUT2D eigenvalue weighted by Crippen LogP contribution is -2.43. The van der Waals surface area contributed by atoms with Crippen LogP contribution in [0.15, 0.2) is 78.9 Å². The van der Waals surface area contributed by atoms with Crippen molar-refractivity contribution in [1.82, 2.24) is 10.2 Å². The Hall–Kier alpha value is -3.84. The molecule has 4 rings (SSSR count). The summed E-state index contributed by atoms with van der Waals surface area (Å²) in [5.74, 6) is 0.439. The summed E-state index contributed by atoms with van der Waals surface area (Å²) in [6, 6.07) is 24.3. The first kappa shape index (κ1) is 23.3. The number of nitrogens with one attached hydrogen (secondary N) is 1. The molecule has 0 bridgehead atoms. The molecule has 7 heteroatoms. The highest BCUT2D eigenvalue weighted by Crippen LogP contribution is 2.29. The topological polar surface area (TPSA) is 77.1 Å². The van der Waals surface area contributed by atoms with Gasteiger partial charge in [0.05, 0.1) is 26.4 Å². The van der Waals surface area contributed by atoms with Gasteiger partial charge in [0.1, 0.15) is 0 Å². The highest BCUT2D eigenvalue weighted by atomic mass is 16.5. The van der Waals surface area contributed by atoms with Crippen LogP contribution in [0.1, 0.15) is 27.5 Å². The number of carbonyl (C=O) groups excluding carboxylic acids is 2. The zero-order valence-corrected chi connectivity index (χ0v) is 19.1. The van der Waals surface area contributed by atoms with Crippen molar-refractivity contribution < 1.29 is 23.8 Å². The molecule has 1 heterocycles. The summed E-state index contributed by atoms with van der Waals surface area (Å²) in [4.78, 5) is 27.3. The number of benzene rings is 3. The van der Waals surface area contributed by atoms with Crippen LogP contribution in [0.4, 0.5) is 0 Å². The standard InChI is InChI=1S/C27H28N2O5/c1-32-24-18-22(12-13-23(24)34-19-25(30)29-14-16-33-17-15-29)27(31)28-26(20-8-4-2-5-9-20)21-10-6-3-7-11-21/h2-13,18,26H,14-17,19H2,1H3,(H,28,31). The number of ether oxygens (including phenoxy) is 3. The second-order valence-electron chi connectivity index (χ2n) is 7.88. The van der Waals surface area contributed by atoms with E-state index < -0.39 is 0 Å². The van der Waals surface area contributed by atoms with Crippen LogP contribution >= 0.6 is 0 Å². The van der Waals surface area contributed by atoms with E-state index in [0.29, 0.717) is 43.4 Å². The third-order valence-corrected chi connectivity index (χ3v) is 5.68. The Labute approximate surface area is 199 Å². The van der Waals surface area contributed by atoms with Crippen molar-refractivity contribution >= 4 is 11.8 Å². The minimum Gasteiger partial charge on any atom is -0.493 e. The van der Waals surface area contributed by atoms with Crippen molar-refractivity contribution in [3.63, 3.8) is 0 Å². The molecule has 7 nitrogen and oxygen atoms in total. The third-order valence-electron chi connectivity index (χ3n) is 5.68. The number of nitrogens with zero attached hydrogens (tertiary/aromatic N) is 1. The molecule has 0 unspecified atom stereocenters. The zero-order valence-electron chi connectivity index (χ0n) is 19.1. The van der Waals surface area contributed by atoms with Crippen molar-refractivity contribution in [3.05, 3.63) is 95.6 Å². The first-order chi connectivity index (χ1) is 16.7. The largest absolute Gasteiger partial charge is 0.493 e. The van der Waals surface area contributed by atoms with Gasteiger partial charge < -0.3 is 24.4 Å². The van der Waals surface area contributed by atoms with E-state index in [1.165, 1.54) is 7.11 Å². The van der Waals surface area contributed by atoms with Gasteiger partial charge in [-0.2, -0.15) is 0 Å². The monoisotopic (exact) mass is 460 g/mol. The van der Waals surface area contributed by atoms with Crippen molar-refractivity contribution in [3.8, 4) is 11.5 Å². The van der Waals surface area contributed by atoms with Crippen molar-refractivity contribution in [2.75, 3.05) is 40.0 Å². The lowest BCUT2D eigenvalue weighted by Gasteiger charge is -2.26. The number of methoxy groups -OCH3 is 1. The molecular formula is C27H28N2O5. The van der Waals surface area contributed by atoms with Crippen LogP contribution < -0.4 is 14.8 Å². The second-order valence-corrected chi connectivity index (χ2v) is 7.88. The van der Waals surface area contributed by atoms with Crippen LogP contribution in [-0.4, -0.2) is 56.7 Å². The Kier molecular flexibility index (Phi) is 7.78. The molecular weight excluding hydrogens is 432 g/mol. The molecule has 1 fully saturated rings. The molecule has 0 aromatic heterocycles. The lowest BCUT2D eigenvalue weighted by atomic mass is 9.98. The molecule has 1 N–H and O–H groups in total. The predicted molar refractivity (Wildman–Crippen MR) is 128 cm³/mol. The summed E-state index contributed by atoms with van der Waals surface area (Å²) in [5, 5.41) is 3.12. The fourth-order valence-electron chi connectivity index (χ4n) is 3.84. The normalized spacial score (nSPS) is 13.4. The smallest absolute Gasteiger partial charge is 0.260 e. The van der Waals surface area contributed by atoms with Gasteiger partial charge in [0.15, 0.2) is 18.1 Å².